The second kappa shape index (κ2) is 5.39. The number of hydrogen-bond donors (Lipinski definition) is 1. The molecule has 14 heavy (non-hydrogen) atoms. The van der Waals surface area contributed by atoms with E-state index in [2.05, 4.69) is 10.1 Å². The first-order chi connectivity index (χ1) is 6.72. The summed E-state index contributed by atoms with van der Waals surface area (Å²) < 4.78 is 9.51. The summed E-state index contributed by atoms with van der Waals surface area (Å²) in [6.07, 6.45) is 2.31. The number of alkyl carbamates (subject to hydrolysis) is 1. The van der Waals surface area contributed by atoms with E-state index in [9.17, 15) is 4.79 Å². The zero-order valence-electron chi connectivity index (χ0n) is 7.78. The molecule has 1 heterocycles. The maximum absolute atomic E-state index is 10.7. The first-order valence-corrected chi connectivity index (χ1v) is 4.53. The smallest absolute Gasteiger partial charge is 0.411 e. The third kappa shape index (κ3) is 3.57. The third-order valence-electron chi connectivity index (χ3n) is 1.61. The van der Waals surface area contributed by atoms with Crippen LogP contribution in [0.4, 0.5) is 4.79 Å². The number of carbonyl (C=O) groups is 1. The molecular weight excluding hydrogens is 202 g/mol. The topological polar surface area (TPSA) is 51.5 Å². The van der Waals surface area contributed by atoms with Crippen LogP contribution in [0.25, 0.3) is 0 Å². The van der Waals surface area contributed by atoms with Crippen LogP contribution in [-0.2, 0) is 11.2 Å². The fourth-order valence-corrected chi connectivity index (χ4v) is 1.10. The van der Waals surface area contributed by atoms with Gasteiger partial charge in [-0.25, -0.2) is 4.79 Å². The van der Waals surface area contributed by atoms with Gasteiger partial charge < -0.3 is 9.15 Å². The molecule has 0 saturated heterocycles. The monoisotopic (exact) mass is 213 g/mol. The van der Waals surface area contributed by atoms with Crippen molar-refractivity contribution < 1.29 is 13.9 Å². The van der Waals surface area contributed by atoms with E-state index in [1.165, 1.54) is 7.11 Å². The first kappa shape index (κ1) is 10.7. The Labute approximate surface area is 87.2 Å². The summed E-state index contributed by atoms with van der Waals surface area (Å²) in [7, 11) is 1.30. The zero-order valence-corrected chi connectivity index (χ0v) is 8.60. The van der Waals surface area contributed by atoms with Gasteiger partial charge in [-0.15, -0.1) is 0 Å². The van der Waals surface area contributed by atoms with Gasteiger partial charge in [-0.2, -0.15) is 0 Å². The zero-order chi connectivity index (χ0) is 10.4. The lowest BCUT2D eigenvalue weighted by molar-refractivity contribution is 0.177. The number of thiocarbonyl (C=S) groups is 1. The lowest BCUT2D eigenvalue weighted by Gasteiger charge is -2.03. The summed E-state index contributed by atoms with van der Waals surface area (Å²) in [5, 5.41) is 2.42. The van der Waals surface area contributed by atoms with Crippen molar-refractivity contribution in [2.24, 2.45) is 0 Å². The molecule has 0 bridgehead atoms. The van der Waals surface area contributed by atoms with E-state index in [4.69, 9.17) is 16.6 Å². The molecule has 0 radical (unpaired) electrons. The van der Waals surface area contributed by atoms with Crippen molar-refractivity contribution in [2.75, 3.05) is 7.11 Å². The van der Waals surface area contributed by atoms with Crippen LogP contribution in [0.5, 0.6) is 0 Å². The van der Waals surface area contributed by atoms with Crippen molar-refractivity contribution in [2.45, 2.75) is 12.8 Å². The number of furan rings is 1. The number of rotatable bonds is 3. The maximum atomic E-state index is 10.7. The number of nitrogens with one attached hydrogen (secondary N) is 1. The van der Waals surface area contributed by atoms with Crippen LogP contribution >= 0.6 is 12.2 Å². The van der Waals surface area contributed by atoms with Crippen LogP contribution < -0.4 is 5.32 Å². The second-order valence-corrected chi connectivity index (χ2v) is 3.11. The summed E-state index contributed by atoms with van der Waals surface area (Å²) in [5.74, 6) is 0.846. The van der Waals surface area contributed by atoms with Gasteiger partial charge in [0.2, 0.25) is 0 Å². The molecule has 0 saturated carbocycles. The molecular formula is C9H11NO3S. The molecule has 1 aromatic rings. The van der Waals surface area contributed by atoms with Gasteiger partial charge in [0, 0.05) is 12.8 Å². The van der Waals surface area contributed by atoms with E-state index < -0.39 is 6.09 Å². The SMILES string of the molecule is COC(=O)NC(=S)CCc1ccco1. The lowest BCUT2D eigenvalue weighted by atomic mass is 10.2. The van der Waals surface area contributed by atoms with Gasteiger partial charge in [-0.05, 0) is 12.1 Å². The van der Waals surface area contributed by atoms with Crippen molar-refractivity contribution in [3.05, 3.63) is 24.2 Å². The van der Waals surface area contributed by atoms with E-state index >= 15 is 0 Å². The molecule has 1 aromatic heterocycles. The Morgan fingerprint density at radius 2 is 2.50 bits per heavy atom. The molecule has 1 rings (SSSR count). The molecule has 0 aliphatic rings. The molecule has 0 spiro atoms. The van der Waals surface area contributed by atoms with E-state index in [0.29, 0.717) is 17.8 Å². The summed E-state index contributed by atoms with van der Waals surface area (Å²) in [6.45, 7) is 0. The highest BCUT2D eigenvalue weighted by Gasteiger charge is 2.04. The standard InChI is InChI=1S/C9H11NO3S/c1-12-9(11)10-8(14)5-4-7-3-2-6-13-7/h2-3,6H,4-5H2,1H3,(H,10,11,14). The predicted molar refractivity (Wildman–Crippen MR) is 55.2 cm³/mol. The Kier molecular flexibility index (Phi) is 4.12. The number of methoxy groups -OCH3 is 1. The Morgan fingerprint density at radius 3 is 3.07 bits per heavy atom. The fourth-order valence-electron chi connectivity index (χ4n) is 0.919. The third-order valence-corrected chi connectivity index (χ3v) is 1.91. The van der Waals surface area contributed by atoms with Crippen molar-refractivity contribution in [3.8, 4) is 0 Å². The maximum Gasteiger partial charge on any atom is 0.411 e. The number of carbonyl (C=O) groups excluding carboxylic acids is 1. The van der Waals surface area contributed by atoms with Gasteiger partial charge in [0.15, 0.2) is 0 Å². The molecule has 1 amide bonds. The van der Waals surface area contributed by atoms with Crippen LogP contribution in [0.3, 0.4) is 0 Å². The van der Waals surface area contributed by atoms with E-state index in [-0.39, 0.29) is 0 Å². The van der Waals surface area contributed by atoms with E-state index in [0.717, 1.165) is 5.76 Å². The number of ether oxygens (including phenoxy) is 1. The minimum atomic E-state index is -0.533. The van der Waals surface area contributed by atoms with Crippen molar-refractivity contribution in [3.63, 3.8) is 0 Å². The minimum Gasteiger partial charge on any atom is -0.469 e. The van der Waals surface area contributed by atoms with Crippen LogP contribution in [0.15, 0.2) is 22.8 Å². The number of amides is 1. The van der Waals surface area contributed by atoms with Gasteiger partial charge in [0.25, 0.3) is 0 Å². The normalized spacial score (nSPS) is 9.50. The van der Waals surface area contributed by atoms with E-state index in [1.807, 2.05) is 12.1 Å². The van der Waals surface area contributed by atoms with Crippen LogP contribution in [0, 0.1) is 0 Å². The summed E-state index contributed by atoms with van der Waals surface area (Å²) in [5.41, 5.74) is 0. The Balaban J connectivity index is 2.25. The average molecular weight is 213 g/mol. The van der Waals surface area contributed by atoms with Gasteiger partial charge >= 0.3 is 6.09 Å². The van der Waals surface area contributed by atoms with E-state index in [1.54, 1.807) is 6.26 Å². The predicted octanol–water partition coefficient (Wildman–Crippen LogP) is 1.90. The highest BCUT2D eigenvalue weighted by molar-refractivity contribution is 7.80. The fraction of sp³-hybridized carbons (Fsp3) is 0.333. The lowest BCUT2D eigenvalue weighted by Crippen LogP contribution is -2.28. The number of hydrogen-bond acceptors (Lipinski definition) is 4. The Bertz CT molecular complexity index is 308. The van der Waals surface area contributed by atoms with Crippen LogP contribution in [0.1, 0.15) is 12.2 Å². The Morgan fingerprint density at radius 1 is 1.71 bits per heavy atom. The van der Waals surface area contributed by atoms with Crippen molar-refractivity contribution >= 4 is 23.3 Å². The highest BCUT2D eigenvalue weighted by atomic mass is 32.1. The van der Waals surface area contributed by atoms with Gasteiger partial charge in [0.1, 0.15) is 5.76 Å². The van der Waals surface area contributed by atoms with Crippen molar-refractivity contribution in [1.82, 2.24) is 5.32 Å². The molecule has 1 N–H and O–H groups in total. The minimum absolute atomic E-state index is 0.452. The molecule has 4 nitrogen and oxygen atoms in total. The number of aryl methyl sites for hydroxylation is 1. The van der Waals surface area contributed by atoms with Gasteiger partial charge in [-0.3, -0.25) is 5.32 Å². The molecule has 76 valence electrons. The quantitative estimate of drug-likeness (QED) is 0.779. The van der Waals surface area contributed by atoms with Crippen molar-refractivity contribution in [1.29, 1.82) is 0 Å². The Hall–Kier alpha value is -1.36. The molecule has 0 unspecified atom stereocenters. The van der Waals surface area contributed by atoms with Crippen LogP contribution in [-0.4, -0.2) is 18.2 Å². The largest absolute Gasteiger partial charge is 0.469 e. The van der Waals surface area contributed by atoms with Crippen LogP contribution in [0.2, 0.25) is 0 Å². The van der Waals surface area contributed by atoms with Gasteiger partial charge in [-0.1, -0.05) is 12.2 Å². The molecule has 0 aliphatic heterocycles. The second-order valence-electron chi connectivity index (χ2n) is 2.62. The molecule has 0 fully saturated rings. The molecule has 5 heteroatoms. The first-order valence-electron chi connectivity index (χ1n) is 4.12. The average Bonchev–Trinajstić information content (AvgIpc) is 2.67. The highest BCUT2D eigenvalue weighted by Crippen LogP contribution is 2.03. The summed E-state index contributed by atoms with van der Waals surface area (Å²) >= 11 is 4.92. The molecule has 0 aromatic carbocycles. The van der Waals surface area contributed by atoms with Gasteiger partial charge in [0.05, 0.1) is 18.4 Å². The molecule has 0 aliphatic carbocycles. The summed E-state index contributed by atoms with van der Waals surface area (Å²) in [6, 6.07) is 3.67. The summed E-state index contributed by atoms with van der Waals surface area (Å²) in [4.78, 5) is 11.2. The molecule has 0 atom stereocenters.